The van der Waals surface area contributed by atoms with Gasteiger partial charge in [-0.1, -0.05) is 18.5 Å². The second kappa shape index (κ2) is 7.69. The summed E-state index contributed by atoms with van der Waals surface area (Å²) < 4.78 is 10.9. The normalized spacial score (nSPS) is 22.3. The van der Waals surface area contributed by atoms with Crippen molar-refractivity contribution in [2.24, 2.45) is 0 Å². The highest BCUT2D eigenvalue weighted by Gasteiger charge is 2.27. The Balaban J connectivity index is 1.52. The summed E-state index contributed by atoms with van der Waals surface area (Å²) in [6, 6.07) is 6.04. The molecule has 2 aliphatic heterocycles. The molecule has 0 amide bonds. The average molecular weight is 377 g/mol. The number of aryl methyl sites for hydroxylation is 1. The van der Waals surface area contributed by atoms with Gasteiger partial charge in [-0.05, 0) is 36.1 Å². The van der Waals surface area contributed by atoms with Crippen LogP contribution in [0.5, 0.6) is 0 Å². The van der Waals surface area contributed by atoms with Gasteiger partial charge in [0.1, 0.15) is 5.58 Å². The molecule has 2 fully saturated rings. The molecule has 5 nitrogen and oxygen atoms in total. The van der Waals surface area contributed by atoms with E-state index < -0.39 is 0 Å². The number of nitrogens with zero attached hydrogens (tertiary/aromatic N) is 2. The molecule has 2 aromatic rings. The molecule has 26 heavy (non-hydrogen) atoms. The molecule has 0 bridgehead atoms. The van der Waals surface area contributed by atoms with Crippen molar-refractivity contribution in [3.63, 3.8) is 0 Å². The molecule has 2 aliphatic rings. The summed E-state index contributed by atoms with van der Waals surface area (Å²) in [4.78, 5) is 17.0. The van der Waals surface area contributed by atoms with Gasteiger partial charge in [0.05, 0.1) is 6.61 Å². The maximum absolute atomic E-state index is 12.0. The molecule has 0 radical (unpaired) electrons. The van der Waals surface area contributed by atoms with Gasteiger partial charge in [0.2, 0.25) is 0 Å². The lowest BCUT2D eigenvalue weighted by Gasteiger charge is -2.37. The van der Waals surface area contributed by atoms with Crippen molar-refractivity contribution in [1.82, 2.24) is 9.80 Å². The molecular weight excluding hydrogens is 352 g/mol. The van der Waals surface area contributed by atoms with Crippen molar-refractivity contribution in [2.75, 3.05) is 39.4 Å². The minimum atomic E-state index is -0.293. The second-order valence-corrected chi connectivity index (χ2v) is 7.62. The first kappa shape index (κ1) is 18.0. The van der Waals surface area contributed by atoms with Gasteiger partial charge in [0.15, 0.2) is 0 Å². The SMILES string of the molecule is CCc1cc2oc(=O)cc(CN3CCN([C@@H]4CCOC4)CC3)c2cc1Cl. The number of rotatable bonds is 4. The predicted octanol–water partition coefficient (Wildman–Crippen LogP) is 2.92. The quantitative estimate of drug-likeness (QED) is 0.768. The molecule has 140 valence electrons. The Hall–Kier alpha value is -1.40. The predicted molar refractivity (Wildman–Crippen MR) is 103 cm³/mol. The fourth-order valence-electron chi connectivity index (χ4n) is 4.03. The molecule has 4 rings (SSSR count). The maximum atomic E-state index is 12.0. The van der Waals surface area contributed by atoms with Gasteiger partial charge in [0.25, 0.3) is 0 Å². The molecule has 0 saturated carbocycles. The molecule has 2 saturated heterocycles. The van der Waals surface area contributed by atoms with Gasteiger partial charge >= 0.3 is 5.63 Å². The van der Waals surface area contributed by atoms with Crippen LogP contribution in [0, 0.1) is 0 Å². The molecule has 1 atom stereocenters. The van der Waals surface area contributed by atoms with E-state index in [2.05, 4.69) is 9.80 Å². The smallest absolute Gasteiger partial charge is 0.336 e. The Morgan fingerprint density at radius 1 is 1.15 bits per heavy atom. The van der Waals surface area contributed by atoms with Crippen LogP contribution in [0.4, 0.5) is 0 Å². The Kier molecular flexibility index (Phi) is 5.32. The summed E-state index contributed by atoms with van der Waals surface area (Å²) in [5, 5.41) is 1.68. The zero-order chi connectivity index (χ0) is 18.1. The van der Waals surface area contributed by atoms with Crippen LogP contribution in [0.15, 0.2) is 27.4 Å². The molecule has 0 aliphatic carbocycles. The molecule has 0 N–H and O–H groups in total. The monoisotopic (exact) mass is 376 g/mol. The fraction of sp³-hybridized carbons (Fsp3) is 0.550. The number of hydrogen-bond acceptors (Lipinski definition) is 5. The number of halogens is 1. The highest BCUT2D eigenvalue weighted by molar-refractivity contribution is 6.32. The molecule has 0 spiro atoms. The second-order valence-electron chi connectivity index (χ2n) is 7.21. The van der Waals surface area contributed by atoms with E-state index in [1.165, 1.54) is 0 Å². The van der Waals surface area contributed by atoms with Crippen LogP contribution < -0.4 is 5.63 Å². The van der Waals surface area contributed by atoms with E-state index in [1.54, 1.807) is 6.07 Å². The van der Waals surface area contributed by atoms with Crippen molar-refractivity contribution in [2.45, 2.75) is 32.4 Å². The molecule has 3 heterocycles. The average Bonchev–Trinajstić information content (AvgIpc) is 3.17. The van der Waals surface area contributed by atoms with E-state index in [9.17, 15) is 4.79 Å². The van der Waals surface area contributed by atoms with Gasteiger partial charge in [-0.3, -0.25) is 9.80 Å². The zero-order valence-electron chi connectivity index (χ0n) is 15.2. The summed E-state index contributed by atoms with van der Waals surface area (Å²) in [5.74, 6) is 0. The molecule has 1 aromatic carbocycles. The Morgan fingerprint density at radius 3 is 2.65 bits per heavy atom. The van der Waals surface area contributed by atoms with Gasteiger partial charge < -0.3 is 9.15 Å². The van der Waals surface area contributed by atoms with Crippen molar-refractivity contribution >= 4 is 22.6 Å². The summed E-state index contributed by atoms with van der Waals surface area (Å²) in [5.41, 5.74) is 2.35. The van der Waals surface area contributed by atoms with Gasteiger partial charge in [-0.15, -0.1) is 0 Å². The van der Waals surface area contributed by atoms with E-state index in [-0.39, 0.29) is 5.63 Å². The van der Waals surface area contributed by atoms with Crippen LogP contribution in [0.25, 0.3) is 11.0 Å². The lowest BCUT2D eigenvalue weighted by atomic mass is 10.1. The van der Waals surface area contributed by atoms with Crippen LogP contribution >= 0.6 is 11.6 Å². The largest absolute Gasteiger partial charge is 0.423 e. The van der Waals surface area contributed by atoms with Crippen LogP contribution in [-0.4, -0.2) is 55.2 Å². The first-order valence-electron chi connectivity index (χ1n) is 9.43. The van der Waals surface area contributed by atoms with E-state index >= 15 is 0 Å². The number of fused-ring (bicyclic) bond motifs is 1. The standard InChI is InChI=1S/C20H25ClN2O3/c1-2-14-9-19-17(11-18(14)21)15(10-20(24)26-19)12-22-4-6-23(7-5-22)16-3-8-25-13-16/h9-11,16H,2-8,12-13H2,1H3/t16-/m1/s1. The van der Waals surface area contributed by atoms with Gasteiger partial charge in [-0.25, -0.2) is 4.79 Å². The lowest BCUT2D eigenvalue weighted by Crippen LogP contribution is -2.50. The third kappa shape index (κ3) is 3.67. The third-order valence-electron chi connectivity index (χ3n) is 5.60. The van der Waals surface area contributed by atoms with E-state index in [0.717, 1.165) is 80.3 Å². The third-order valence-corrected chi connectivity index (χ3v) is 5.95. The van der Waals surface area contributed by atoms with E-state index in [0.29, 0.717) is 11.6 Å². The van der Waals surface area contributed by atoms with Crippen LogP contribution in [0.3, 0.4) is 0 Å². The van der Waals surface area contributed by atoms with E-state index in [4.69, 9.17) is 20.8 Å². The molecule has 0 unspecified atom stereocenters. The van der Waals surface area contributed by atoms with Crippen LogP contribution in [-0.2, 0) is 17.7 Å². The summed E-state index contributed by atoms with van der Waals surface area (Å²) in [6.45, 7) is 8.64. The van der Waals surface area contributed by atoms with Crippen molar-refractivity contribution < 1.29 is 9.15 Å². The first-order valence-corrected chi connectivity index (χ1v) is 9.81. The Morgan fingerprint density at radius 2 is 1.96 bits per heavy atom. The molecule has 6 heteroatoms. The summed E-state index contributed by atoms with van der Waals surface area (Å²) >= 11 is 6.40. The van der Waals surface area contributed by atoms with E-state index in [1.807, 2.05) is 19.1 Å². The highest BCUT2D eigenvalue weighted by atomic mass is 35.5. The topological polar surface area (TPSA) is 45.9 Å². The first-order chi connectivity index (χ1) is 12.6. The number of ether oxygens (including phenoxy) is 1. The minimum absolute atomic E-state index is 0.293. The molecule has 1 aromatic heterocycles. The van der Waals surface area contributed by atoms with Gasteiger partial charge in [-0.2, -0.15) is 0 Å². The number of hydrogen-bond donors (Lipinski definition) is 0. The molecular formula is C20H25ClN2O3. The van der Waals surface area contributed by atoms with Gasteiger partial charge in [0, 0.05) is 61.8 Å². The van der Waals surface area contributed by atoms with Crippen LogP contribution in [0.2, 0.25) is 5.02 Å². The summed E-state index contributed by atoms with van der Waals surface area (Å²) in [6.07, 6.45) is 1.96. The maximum Gasteiger partial charge on any atom is 0.336 e. The number of benzene rings is 1. The van der Waals surface area contributed by atoms with Crippen molar-refractivity contribution in [3.05, 3.63) is 44.8 Å². The van der Waals surface area contributed by atoms with Crippen LogP contribution in [0.1, 0.15) is 24.5 Å². The minimum Gasteiger partial charge on any atom is -0.423 e. The summed E-state index contributed by atoms with van der Waals surface area (Å²) in [7, 11) is 0. The Bertz CT molecular complexity index is 837. The zero-order valence-corrected chi connectivity index (χ0v) is 15.9. The Labute approximate surface area is 158 Å². The fourth-order valence-corrected chi connectivity index (χ4v) is 4.33. The van der Waals surface area contributed by atoms with Crippen molar-refractivity contribution in [1.29, 1.82) is 0 Å². The van der Waals surface area contributed by atoms with Crippen molar-refractivity contribution in [3.8, 4) is 0 Å². The lowest BCUT2D eigenvalue weighted by molar-refractivity contribution is 0.0816. The highest BCUT2D eigenvalue weighted by Crippen LogP contribution is 2.27. The number of piperazine rings is 1.